The third-order valence-electron chi connectivity index (χ3n) is 2.88. The molecular formula is C15H15BrN2O. The number of amides is 1. The van der Waals surface area contributed by atoms with Gasteiger partial charge in [0.2, 0.25) is 0 Å². The monoisotopic (exact) mass is 318 g/mol. The van der Waals surface area contributed by atoms with Crippen LogP contribution in [0.4, 0.5) is 0 Å². The summed E-state index contributed by atoms with van der Waals surface area (Å²) in [5.41, 5.74) is 1.79. The van der Waals surface area contributed by atoms with Gasteiger partial charge in [0.25, 0.3) is 5.91 Å². The highest BCUT2D eigenvalue weighted by Crippen LogP contribution is 2.13. The van der Waals surface area contributed by atoms with E-state index in [4.69, 9.17) is 0 Å². The summed E-state index contributed by atoms with van der Waals surface area (Å²) in [6, 6.07) is 11.3. The van der Waals surface area contributed by atoms with Crippen LogP contribution in [0.25, 0.3) is 0 Å². The van der Waals surface area contributed by atoms with Crippen LogP contribution in [-0.4, -0.2) is 22.3 Å². The van der Waals surface area contributed by atoms with Crippen LogP contribution in [-0.2, 0) is 6.54 Å². The van der Waals surface area contributed by atoms with Crippen molar-refractivity contribution in [2.24, 2.45) is 0 Å². The first-order chi connectivity index (χ1) is 9.20. The minimum atomic E-state index is 0.0480. The van der Waals surface area contributed by atoms with Gasteiger partial charge >= 0.3 is 0 Å². The Kier molecular flexibility index (Phi) is 4.68. The first-order valence-electron chi connectivity index (χ1n) is 6.14. The molecule has 2 rings (SSSR count). The lowest BCUT2D eigenvalue weighted by molar-refractivity contribution is 0.0752. The summed E-state index contributed by atoms with van der Waals surface area (Å²) in [5, 5.41) is 0. The first-order valence-corrected chi connectivity index (χ1v) is 6.93. The van der Waals surface area contributed by atoms with E-state index in [1.165, 1.54) is 0 Å². The van der Waals surface area contributed by atoms with Crippen LogP contribution in [0.3, 0.4) is 0 Å². The Morgan fingerprint density at radius 2 is 1.79 bits per heavy atom. The number of pyridine rings is 1. The minimum absolute atomic E-state index is 0.0480. The van der Waals surface area contributed by atoms with E-state index < -0.39 is 0 Å². The second kappa shape index (κ2) is 6.48. The Labute approximate surface area is 121 Å². The van der Waals surface area contributed by atoms with Crippen molar-refractivity contribution in [3.05, 3.63) is 64.4 Å². The van der Waals surface area contributed by atoms with E-state index in [1.54, 1.807) is 12.4 Å². The molecule has 0 fully saturated rings. The maximum Gasteiger partial charge on any atom is 0.254 e. The highest BCUT2D eigenvalue weighted by molar-refractivity contribution is 9.10. The molecule has 4 heteroatoms. The predicted molar refractivity (Wildman–Crippen MR) is 78.8 cm³/mol. The van der Waals surface area contributed by atoms with Gasteiger partial charge in [-0.2, -0.15) is 0 Å². The Morgan fingerprint density at radius 1 is 1.16 bits per heavy atom. The fourth-order valence-corrected chi connectivity index (χ4v) is 2.08. The number of carbonyl (C=O) groups excluding carboxylic acids is 1. The van der Waals surface area contributed by atoms with Gasteiger partial charge in [0.05, 0.1) is 0 Å². The summed E-state index contributed by atoms with van der Waals surface area (Å²) in [4.78, 5) is 18.2. The van der Waals surface area contributed by atoms with Crippen molar-refractivity contribution in [3.8, 4) is 0 Å². The third kappa shape index (κ3) is 3.64. The molecule has 2 aromatic rings. The van der Waals surface area contributed by atoms with Crippen molar-refractivity contribution in [1.82, 2.24) is 9.88 Å². The van der Waals surface area contributed by atoms with E-state index in [9.17, 15) is 4.79 Å². The zero-order valence-electron chi connectivity index (χ0n) is 10.7. The summed E-state index contributed by atoms with van der Waals surface area (Å²) in [7, 11) is 0. The van der Waals surface area contributed by atoms with Gasteiger partial charge in [-0.1, -0.05) is 15.9 Å². The molecule has 0 bridgehead atoms. The van der Waals surface area contributed by atoms with Gasteiger partial charge in [-0.3, -0.25) is 9.78 Å². The molecule has 0 N–H and O–H groups in total. The van der Waals surface area contributed by atoms with E-state index in [0.29, 0.717) is 18.7 Å². The first kappa shape index (κ1) is 13.7. The number of benzene rings is 1. The van der Waals surface area contributed by atoms with Gasteiger partial charge in [-0.15, -0.1) is 0 Å². The fourth-order valence-electron chi connectivity index (χ4n) is 1.81. The summed E-state index contributed by atoms with van der Waals surface area (Å²) in [6.45, 7) is 3.27. The highest BCUT2D eigenvalue weighted by atomic mass is 79.9. The average Bonchev–Trinajstić information content (AvgIpc) is 2.46. The van der Waals surface area contributed by atoms with Crippen molar-refractivity contribution < 1.29 is 4.79 Å². The van der Waals surface area contributed by atoms with Crippen molar-refractivity contribution in [2.75, 3.05) is 6.54 Å². The maximum absolute atomic E-state index is 12.4. The molecule has 0 saturated heterocycles. The predicted octanol–water partition coefficient (Wildman–Crippen LogP) is 3.51. The number of hydrogen-bond donors (Lipinski definition) is 0. The Hall–Kier alpha value is -1.68. The molecule has 0 spiro atoms. The number of carbonyl (C=O) groups is 1. The maximum atomic E-state index is 12.4. The molecule has 98 valence electrons. The molecule has 1 heterocycles. The van der Waals surface area contributed by atoms with E-state index in [2.05, 4.69) is 20.9 Å². The molecule has 0 aliphatic heterocycles. The van der Waals surface area contributed by atoms with Crippen molar-refractivity contribution in [2.45, 2.75) is 13.5 Å². The Bertz CT molecular complexity index is 540. The van der Waals surface area contributed by atoms with Crippen LogP contribution < -0.4 is 0 Å². The molecule has 0 aliphatic carbocycles. The van der Waals surface area contributed by atoms with E-state index in [0.717, 1.165) is 10.0 Å². The quantitative estimate of drug-likeness (QED) is 0.864. The SMILES string of the molecule is CCN(Cc1ccncc1)C(=O)c1ccc(Br)cc1. The summed E-state index contributed by atoms with van der Waals surface area (Å²) in [5.74, 6) is 0.0480. The number of rotatable bonds is 4. The van der Waals surface area contributed by atoms with Gasteiger partial charge in [-0.25, -0.2) is 0 Å². The number of halogens is 1. The molecule has 1 amide bonds. The molecule has 0 radical (unpaired) electrons. The van der Waals surface area contributed by atoms with Gasteiger partial charge in [-0.05, 0) is 48.9 Å². The van der Waals surface area contributed by atoms with Crippen LogP contribution in [0.2, 0.25) is 0 Å². The molecular weight excluding hydrogens is 304 g/mol. The van der Waals surface area contributed by atoms with E-state index in [1.807, 2.05) is 48.2 Å². The number of aromatic nitrogens is 1. The largest absolute Gasteiger partial charge is 0.335 e. The molecule has 0 aliphatic rings. The molecule has 1 aromatic heterocycles. The molecule has 3 nitrogen and oxygen atoms in total. The average molecular weight is 319 g/mol. The third-order valence-corrected chi connectivity index (χ3v) is 3.41. The second-order valence-corrected chi connectivity index (χ2v) is 5.10. The van der Waals surface area contributed by atoms with Crippen LogP contribution in [0.15, 0.2) is 53.3 Å². The van der Waals surface area contributed by atoms with E-state index >= 15 is 0 Å². The zero-order valence-corrected chi connectivity index (χ0v) is 12.3. The second-order valence-electron chi connectivity index (χ2n) is 4.18. The molecule has 0 atom stereocenters. The lowest BCUT2D eigenvalue weighted by Crippen LogP contribution is -2.30. The van der Waals surface area contributed by atoms with E-state index in [-0.39, 0.29) is 5.91 Å². The van der Waals surface area contributed by atoms with Crippen molar-refractivity contribution in [3.63, 3.8) is 0 Å². The molecule has 0 saturated carbocycles. The zero-order chi connectivity index (χ0) is 13.7. The smallest absolute Gasteiger partial charge is 0.254 e. The van der Waals surface area contributed by atoms with Gasteiger partial charge in [0.1, 0.15) is 0 Å². The summed E-state index contributed by atoms with van der Waals surface area (Å²) in [6.07, 6.45) is 3.49. The van der Waals surface area contributed by atoms with Crippen molar-refractivity contribution >= 4 is 21.8 Å². The number of hydrogen-bond acceptors (Lipinski definition) is 2. The summed E-state index contributed by atoms with van der Waals surface area (Å²) >= 11 is 3.37. The topological polar surface area (TPSA) is 33.2 Å². The molecule has 1 aromatic carbocycles. The minimum Gasteiger partial charge on any atom is -0.335 e. The molecule has 19 heavy (non-hydrogen) atoms. The van der Waals surface area contributed by atoms with Crippen LogP contribution >= 0.6 is 15.9 Å². The van der Waals surface area contributed by atoms with Crippen molar-refractivity contribution in [1.29, 1.82) is 0 Å². The normalized spacial score (nSPS) is 10.2. The van der Waals surface area contributed by atoms with Gasteiger partial charge in [0, 0.05) is 35.5 Å². The Morgan fingerprint density at radius 3 is 2.37 bits per heavy atom. The Balaban J connectivity index is 2.13. The standard InChI is InChI=1S/C15H15BrN2O/c1-2-18(11-12-7-9-17-10-8-12)15(19)13-3-5-14(16)6-4-13/h3-10H,2,11H2,1H3. The fraction of sp³-hybridized carbons (Fsp3) is 0.200. The van der Waals surface area contributed by atoms with Crippen LogP contribution in [0, 0.1) is 0 Å². The number of nitrogens with zero attached hydrogens (tertiary/aromatic N) is 2. The lowest BCUT2D eigenvalue weighted by Gasteiger charge is -2.21. The van der Waals surface area contributed by atoms with Gasteiger partial charge < -0.3 is 4.90 Å². The highest BCUT2D eigenvalue weighted by Gasteiger charge is 2.14. The van der Waals surface area contributed by atoms with Gasteiger partial charge in [0.15, 0.2) is 0 Å². The van der Waals surface area contributed by atoms with Crippen LogP contribution in [0.5, 0.6) is 0 Å². The summed E-state index contributed by atoms with van der Waals surface area (Å²) < 4.78 is 0.973. The molecule has 0 unspecified atom stereocenters. The lowest BCUT2D eigenvalue weighted by atomic mass is 10.2. The van der Waals surface area contributed by atoms with Crippen LogP contribution in [0.1, 0.15) is 22.8 Å².